The summed E-state index contributed by atoms with van der Waals surface area (Å²) in [7, 11) is 3.08. The Hall–Kier alpha value is -3.62. The molecule has 0 unspecified atom stereocenters. The van der Waals surface area contributed by atoms with Crippen molar-refractivity contribution in [2.45, 2.75) is 65.3 Å². The second kappa shape index (κ2) is 11.7. The third-order valence-corrected chi connectivity index (χ3v) is 5.82. The summed E-state index contributed by atoms with van der Waals surface area (Å²) in [6.45, 7) is 5.35. The minimum Gasteiger partial charge on any atom is -0.506 e. The Morgan fingerprint density at radius 1 is 1.14 bits per heavy atom. The van der Waals surface area contributed by atoms with Gasteiger partial charge < -0.3 is 24.9 Å². The van der Waals surface area contributed by atoms with Crippen molar-refractivity contribution < 1.29 is 19.4 Å². The van der Waals surface area contributed by atoms with E-state index in [9.17, 15) is 14.7 Å². The van der Waals surface area contributed by atoms with E-state index >= 15 is 0 Å². The maximum Gasteiger partial charge on any atom is 0.261 e. The van der Waals surface area contributed by atoms with Gasteiger partial charge in [-0.1, -0.05) is 19.4 Å². The molecular weight excluding hydrogens is 448 g/mol. The van der Waals surface area contributed by atoms with Crippen molar-refractivity contribution in [3.63, 3.8) is 0 Å². The van der Waals surface area contributed by atoms with Gasteiger partial charge in [-0.25, -0.2) is 0 Å². The zero-order chi connectivity index (χ0) is 25.5. The molecule has 0 aliphatic heterocycles. The number of H-pyrrole nitrogens is 1. The Morgan fingerprint density at radius 2 is 1.80 bits per heavy atom. The lowest BCUT2D eigenvalue weighted by Gasteiger charge is -2.19. The number of nitrogens with one attached hydrogen (secondary N) is 2. The number of carbonyl (C=O) groups excluding carboxylic acids is 1. The van der Waals surface area contributed by atoms with Gasteiger partial charge >= 0.3 is 0 Å². The van der Waals surface area contributed by atoms with Crippen molar-refractivity contribution in [3.8, 4) is 28.4 Å². The Labute approximate surface area is 205 Å². The first-order chi connectivity index (χ1) is 16.8. The lowest BCUT2D eigenvalue weighted by atomic mass is 9.95. The van der Waals surface area contributed by atoms with E-state index < -0.39 is 5.56 Å². The van der Waals surface area contributed by atoms with Crippen LogP contribution in [0, 0.1) is 0 Å². The fourth-order valence-electron chi connectivity index (χ4n) is 3.87. The fraction of sp³-hybridized carbons (Fsp3) is 0.462. The number of nitrogens with zero attached hydrogens (tertiary/aromatic N) is 2. The summed E-state index contributed by atoms with van der Waals surface area (Å²) in [6, 6.07) is 5.60. The van der Waals surface area contributed by atoms with Crippen LogP contribution in [0.5, 0.6) is 17.2 Å². The highest BCUT2D eigenvalue weighted by molar-refractivity contribution is 6.04. The van der Waals surface area contributed by atoms with E-state index in [2.05, 4.69) is 27.4 Å². The second-order valence-corrected chi connectivity index (χ2v) is 8.71. The molecule has 2 aromatic rings. The van der Waals surface area contributed by atoms with Gasteiger partial charge in [0.15, 0.2) is 0 Å². The maximum absolute atomic E-state index is 13.0. The molecule has 1 saturated carbocycles. The van der Waals surface area contributed by atoms with Crippen molar-refractivity contribution in [3.05, 3.63) is 39.8 Å². The zero-order valence-corrected chi connectivity index (χ0v) is 21.0. The summed E-state index contributed by atoms with van der Waals surface area (Å²) < 4.78 is 11.1. The van der Waals surface area contributed by atoms with Crippen LogP contribution >= 0.6 is 0 Å². The van der Waals surface area contributed by atoms with E-state index in [1.807, 2.05) is 0 Å². The summed E-state index contributed by atoms with van der Waals surface area (Å²) in [4.78, 5) is 28.0. The normalized spacial score (nSPS) is 14.1. The van der Waals surface area contributed by atoms with E-state index in [4.69, 9.17) is 9.47 Å². The number of aromatic amines is 1. The molecule has 9 nitrogen and oxygen atoms in total. The van der Waals surface area contributed by atoms with Crippen LogP contribution in [0.25, 0.3) is 11.1 Å². The monoisotopic (exact) mass is 482 g/mol. The summed E-state index contributed by atoms with van der Waals surface area (Å²) in [5.41, 5.74) is 1.83. The maximum atomic E-state index is 13.0. The number of hydrogen-bond acceptors (Lipinski definition) is 7. The molecule has 3 N–H and O–H groups in total. The largest absolute Gasteiger partial charge is 0.506 e. The van der Waals surface area contributed by atoms with E-state index in [0.717, 1.165) is 25.7 Å². The highest BCUT2D eigenvalue weighted by atomic mass is 16.5. The average Bonchev–Trinajstić information content (AvgIpc) is 3.64. The number of unbranched alkanes of at least 4 members (excludes halogenated alkanes) is 1. The molecule has 1 aliphatic rings. The van der Waals surface area contributed by atoms with E-state index in [1.165, 1.54) is 14.2 Å². The molecule has 3 rings (SSSR count). The third kappa shape index (κ3) is 6.29. The molecule has 0 bridgehead atoms. The Morgan fingerprint density at radius 3 is 2.37 bits per heavy atom. The molecule has 1 fully saturated rings. The third-order valence-electron chi connectivity index (χ3n) is 5.82. The SMILES string of the molecule is CCCCc1[nH]c(=O)c(/C(C)=N/N=C(\C)CC(=O)NC2CC2)c(O)c1-c1c(OC)cccc1OC. The molecular formula is C26H34N4O5. The van der Waals surface area contributed by atoms with Crippen molar-refractivity contribution in [1.82, 2.24) is 10.3 Å². The predicted molar refractivity (Wildman–Crippen MR) is 137 cm³/mol. The quantitative estimate of drug-likeness (QED) is 0.330. The fourth-order valence-corrected chi connectivity index (χ4v) is 3.87. The van der Waals surface area contributed by atoms with Gasteiger partial charge in [0.2, 0.25) is 5.91 Å². The van der Waals surface area contributed by atoms with Crippen LogP contribution in [0.2, 0.25) is 0 Å². The number of aromatic nitrogens is 1. The van der Waals surface area contributed by atoms with Crippen LogP contribution in [0.3, 0.4) is 0 Å². The molecule has 9 heteroatoms. The number of aryl methyl sites for hydroxylation is 1. The van der Waals surface area contributed by atoms with Gasteiger partial charge in [-0.3, -0.25) is 9.59 Å². The first-order valence-corrected chi connectivity index (χ1v) is 11.9. The van der Waals surface area contributed by atoms with Crippen molar-refractivity contribution in [2.24, 2.45) is 10.2 Å². The van der Waals surface area contributed by atoms with E-state index in [0.29, 0.717) is 40.5 Å². The minimum atomic E-state index is -0.466. The lowest BCUT2D eigenvalue weighted by Crippen LogP contribution is -2.26. The van der Waals surface area contributed by atoms with E-state index in [1.54, 1.807) is 32.0 Å². The summed E-state index contributed by atoms with van der Waals surface area (Å²) in [6.07, 6.45) is 4.42. The minimum absolute atomic E-state index is 0.00666. The Balaban J connectivity index is 2.08. The molecule has 35 heavy (non-hydrogen) atoms. The van der Waals surface area contributed by atoms with E-state index in [-0.39, 0.29) is 35.4 Å². The molecule has 0 atom stereocenters. The van der Waals surface area contributed by atoms with Crippen molar-refractivity contribution in [1.29, 1.82) is 0 Å². The predicted octanol–water partition coefficient (Wildman–Crippen LogP) is 3.96. The molecule has 0 saturated heterocycles. The van der Waals surface area contributed by atoms with Gasteiger partial charge in [-0.15, -0.1) is 0 Å². The smallest absolute Gasteiger partial charge is 0.261 e. The standard InChI is InChI=1S/C26H34N4O5/c1-6-7-9-18-23(24-19(34-4)10-8-11-20(24)35-5)25(32)22(26(33)28-18)16(3)30-29-15(2)14-21(31)27-17-12-13-17/h8,10-11,17H,6-7,9,12-14H2,1-5H3,(H,27,31)(H2,28,32,33)/b29-15+,30-16+. The number of benzene rings is 1. The number of hydrogen-bond donors (Lipinski definition) is 3. The van der Waals surface area contributed by atoms with Crippen LogP contribution < -0.4 is 20.3 Å². The second-order valence-electron chi connectivity index (χ2n) is 8.71. The zero-order valence-electron chi connectivity index (χ0n) is 21.0. The van der Waals surface area contributed by atoms with Gasteiger partial charge in [0.05, 0.1) is 37.5 Å². The number of rotatable bonds is 11. The van der Waals surface area contributed by atoms with Gasteiger partial charge in [0.25, 0.3) is 5.56 Å². The van der Waals surface area contributed by atoms with Gasteiger partial charge in [-0.2, -0.15) is 10.2 Å². The highest BCUT2D eigenvalue weighted by Crippen LogP contribution is 2.44. The summed E-state index contributed by atoms with van der Waals surface area (Å²) >= 11 is 0. The highest BCUT2D eigenvalue weighted by Gasteiger charge is 2.26. The first-order valence-electron chi connectivity index (χ1n) is 11.9. The van der Waals surface area contributed by atoms with Crippen LogP contribution in [0.15, 0.2) is 33.2 Å². The topological polar surface area (TPSA) is 125 Å². The molecule has 188 valence electrons. The van der Waals surface area contributed by atoms with Gasteiger partial charge in [0.1, 0.15) is 22.8 Å². The number of ether oxygens (including phenoxy) is 2. The molecule has 0 spiro atoms. The van der Waals surface area contributed by atoms with Crippen molar-refractivity contribution >= 4 is 17.3 Å². The molecule has 1 heterocycles. The Bertz CT molecular complexity index is 1170. The van der Waals surface area contributed by atoms with Gasteiger partial charge in [0, 0.05) is 17.4 Å². The van der Waals surface area contributed by atoms with Crippen LogP contribution in [-0.2, 0) is 11.2 Å². The molecule has 0 radical (unpaired) electrons. The average molecular weight is 483 g/mol. The number of pyridine rings is 1. The Kier molecular flexibility index (Phi) is 8.68. The number of aromatic hydroxyl groups is 1. The van der Waals surface area contributed by atoms with Crippen LogP contribution in [0.1, 0.15) is 64.1 Å². The summed E-state index contributed by atoms with van der Waals surface area (Å²) in [5, 5.41) is 22.6. The van der Waals surface area contributed by atoms with Gasteiger partial charge in [-0.05, 0) is 51.7 Å². The lowest BCUT2D eigenvalue weighted by molar-refractivity contribution is -0.120. The molecule has 1 aliphatic carbocycles. The van der Waals surface area contributed by atoms with Crippen LogP contribution in [0.4, 0.5) is 0 Å². The molecule has 1 aromatic heterocycles. The van der Waals surface area contributed by atoms with Crippen LogP contribution in [-0.4, -0.2) is 47.7 Å². The van der Waals surface area contributed by atoms with Crippen molar-refractivity contribution in [2.75, 3.05) is 14.2 Å². The summed E-state index contributed by atoms with van der Waals surface area (Å²) in [5.74, 6) is 0.678. The first kappa shape index (κ1) is 26.0. The number of amides is 1. The molecule has 1 amide bonds. The molecule has 1 aromatic carbocycles. The number of carbonyl (C=O) groups is 1. The number of methoxy groups -OCH3 is 2.